The predicted molar refractivity (Wildman–Crippen MR) is 575 cm³/mol. The summed E-state index contributed by atoms with van der Waals surface area (Å²) in [5.74, 6) is 3.16. The number of aromatic nitrogens is 14. The maximum atomic E-state index is 5.91. The number of nitrogens with zero attached hydrogens (tertiary/aromatic N) is 14. The Bertz CT molecular complexity index is 10500. The molecular weight excluding hydrogens is 1710 g/mol. The van der Waals surface area contributed by atoms with Crippen molar-refractivity contribution in [3.05, 3.63) is 461 Å². The summed E-state index contributed by atoms with van der Waals surface area (Å²) in [6, 6.07) is 167. The quantitative estimate of drug-likeness (QED) is 0.113. The van der Waals surface area contributed by atoms with E-state index in [0.29, 0.717) is 35.2 Å². The van der Waals surface area contributed by atoms with Gasteiger partial charge in [-0.3, -0.25) is 9.13 Å². The van der Waals surface area contributed by atoms with Crippen LogP contribution in [0.3, 0.4) is 0 Å². The van der Waals surface area contributed by atoms with Crippen LogP contribution in [0.2, 0.25) is 0 Å². The van der Waals surface area contributed by atoms with Crippen LogP contribution in [0.15, 0.2) is 461 Å². The molecule has 0 amide bonds. The minimum absolute atomic E-state index is 0.476. The van der Waals surface area contributed by atoms with Gasteiger partial charge in [0.25, 0.3) is 0 Å². The third-order valence-corrected chi connectivity index (χ3v) is 28.9. The zero-order chi connectivity index (χ0) is 91.5. The first-order valence-electron chi connectivity index (χ1n) is 47.5. The molecule has 10 aromatic heterocycles. The molecule has 14 nitrogen and oxygen atoms in total. The smallest absolute Gasteiger partial charge is 0.240 e. The van der Waals surface area contributed by atoms with E-state index >= 15 is 0 Å². The van der Waals surface area contributed by atoms with Crippen LogP contribution in [0, 0.1) is 0 Å². The summed E-state index contributed by atoms with van der Waals surface area (Å²) in [5, 5.41) is 17.9. The average Bonchev–Trinajstić information content (AvgIpc) is 1.47. The van der Waals surface area contributed by atoms with Crippen molar-refractivity contribution in [1.29, 1.82) is 0 Å². The highest BCUT2D eigenvalue weighted by Crippen LogP contribution is 2.52. The first-order valence-corrected chi connectivity index (χ1v) is 47.5. The van der Waals surface area contributed by atoms with E-state index in [1.165, 1.54) is 10.8 Å². The molecule has 0 radical (unpaired) electrons. The van der Waals surface area contributed by atoms with Gasteiger partial charge in [0.2, 0.25) is 11.9 Å². The molecule has 0 aliphatic carbocycles. The fourth-order valence-corrected chi connectivity index (χ4v) is 23.0. The van der Waals surface area contributed by atoms with E-state index in [9.17, 15) is 0 Å². The van der Waals surface area contributed by atoms with E-state index in [2.05, 4.69) is 485 Å². The van der Waals surface area contributed by atoms with E-state index in [1.54, 1.807) is 0 Å². The number of fused-ring (bicyclic) bond motifs is 27. The molecule has 0 N–H and O–H groups in total. The minimum Gasteiger partial charge on any atom is -0.309 e. The molecule has 0 aliphatic rings. The Balaban J connectivity index is 0.642. The maximum absolute atomic E-state index is 5.91. The van der Waals surface area contributed by atoms with Gasteiger partial charge in [-0.25, -0.2) is 15.0 Å². The fourth-order valence-electron chi connectivity index (χ4n) is 23.0. The van der Waals surface area contributed by atoms with Gasteiger partial charge in [-0.1, -0.05) is 315 Å². The average molecular weight is 1790 g/mol. The molecule has 0 saturated heterocycles. The molecule has 0 unspecified atom stereocenters. The molecule has 0 fully saturated rings. The van der Waals surface area contributed by atoms with Crippen molar-refractivity contribution < 1.29 is 0 Å². The van der Waals surface area contributed by atoms with Gasteiger partial charge in [0, 0.05) is 143 Å². The van der Waals surface area contributed by atoms with Gasteiger partial charge >= 0.3 is 0 Å². The van der Waals surface area contributed by atoms with Gasteiger partial charge in [0.1, 0.15) is 0 Å². The fraction of sp³-hybridized carbons (Fsp3) is 0. The standard InChI is InChI=1S/C126H76N14/c1-7-35-77(36-8-1)121-127-123(80-39-33-49-86(71-80)137-107-61-29-21-53-90(107)96-67-66-94-88-51-19-27-59-105(88)134(115(94)117(96)137)83-43-13-4-14-44-83)129-124(128-121)81-40-34-50-87(72-81)138-111-70-65-79(73-100(111)97-69-68-95-89-52-20-28-60-106(89)135(116(95)118(97)138)84-45-15-5-16-46-84)99-74-103-93-56-24-31-63-109(93)140(119(103)120-114(99)98-57-25-32-64-110(98)136(120)85-47-17-6-18-48-85)126-131-122(78-37-9-2-10-38-78)130-125(132-126)139-108-62-30-23-55-92(108)102-75-112-101(76-113(102)139)91-54-22-26-58-104(91)133(112)82-41-11-3-12-42-82/h1-76H. The second kappa shape index (κ2) is 30.2. The van der Waals surface area contributed by atoms with E-state index in [0.717, 1.165) is 231 Å². The Labute approximate surface area is 799 Å². The molecule has 650 valence electrons. The lowest BCUT2D eigenvalue weighted by Gasteiger charge is -2.15. The summed E-state index contributed by atoms with van der Waals surface area (Å²) in [6.07, 6.45) is 0. The zero-order valence-corrected chi connectivity index (χ0v) is 75.1. The summed E-state index contributed by atoms with van der Waals surface area (Å²) < 4.78 is 19.3. The number of benzene rings is 20. The van der Waals surface area contributed by atoms with Crippen LogP contribution < -0.4 is 0 Å². The van der Waals surface area contributed by atoms with Gasteiger partial charge in [-0.2, -0.15) is 15.0 Å². The van der Waals surface area contributed by atoms with Gasteiger partial charge in [0.15, 0.2) is 23.3 Å². The van der Waals surface area contributed by atoms with E-state index in [1.807, 2.05) is 12.1 Å². The molecular formula is C126H76N14. The summed E-state index contributed by atoms with van der Waals surface area (Å²) in [5.41, 5.74) is 28.6. The SMILES string of the molecule is c1ccc(-c2nc(-c3cccc(-n4c5ccccc5c5ccc6c7ccccc7n(-c7ccccc7)c6c54)c3)nc(-c3cccc(-n4c5ccc(-c6cc7c8ccccc8n(-c8nc(-c9ccccc9)nc(-n9c%10ccccc%10c%10cc%11c(cc%109)c9ccccc9n%11-c9ccccc9)n8)c7c7c6c6ccccc6n7-c6ccccc6)cc5c5ccc6c7ccccc7n(-c7ccccc7)c6c54)c3)n2)cc1. The third kappa shape index (κ3) is 11.4. The van der Waals surface area contributed by atoms with Gasteiger partial charge in [0.05, 0.1) is 88.3 Å². The van der Waals surface area contributed by atoms with Gasteiger partial charge < -0.3 is 27.4 Å². The van der Waals surface area contributed by atoms with Crippen molar-refractivity contribution in [3.8, 4) is 103 Å². The summed E-state index contributed by atoms with van der Waals surface area (Å²) in [7, 11) is 0. The number of rotatable bonds is 13. The molecule has 10 heterocycles. The highest BCUT2D eigenvalue weighted by molar-refractivity contribution is 6.31. The van der Waals surface area contributed by atoms with Crippen molar-refractivity contribution in [2.45, 2.75) is 0 Å². The highest BCUT2D eigenvalue weighted by atomic mass is 15.3. The van der Waals surface area contributed by atoms with Crippen molar-refractivity contribution in [3.63, 3.8) is 0 Å². The Hall–Kier alpha value is -19.2. The second-order valence-electron chi connectivity index (χ2n) is 36.4. The van der Waals surface area contributed by atoms with Crippen molar-refractivity contribution in [2.24, 2.45) is 0 Å². The molecule has 14 heteroatoms. The van der Waals surface area contributed by atoms with Gasteiger partial charge in [-0.15, -0.1) is 0 Å². The zero-order valence-electron chi connectivity index (χ0n) is 75.1. The molecule has 20 aromatic carbocycles. The summed E-state index contributed by atoms with van der Waals surface area (Å²) in [6.45, 7) is 0. The van der Waals surface area contributed by atoms with Crippen molar-refractivity contribution in [2.75, 3.05) is 0 Å². The molecule has 140 heavy (non-hydrogen) atoms. The Morgan fingerprint density at radius 3 is 0.850 bits per heavy atom. The lowest BCUT2D eigenvalue weighted by Crippen LogP contribution is -2.10. The lowest BCUT2D eigenvalue weighted by atomic mass is 9.95. The topological polar surface area (TPSA) is 117 Å². The van der Waals surface area contributed by atoms with Crippen LogP contribution in [0.5, 0.6) is 0 Å². The molecule has 0 bridgehead atoms. The van der Waals surface area contributed by atoms with Crippen molar-refractivity contribution in [1.82, 2.24) is 66.4 Å². The summed E-state index contributed by atoms with van der Waals surface area (Å²) >= 11 is 0. The minimum atomic E-state index is 0.476. The molecule has 0 atom stereocenters. The van der Waals surface area contributed by atoms with Crippen LogP contribution >= 0.6 is 0 Å². The largest absolute Gasteiger partial charge is 0.309 e. The first-order chi connectivity index (χ1) is 69.5. The van der Waals surface area contributed by atoms with E-state index < -0.39 is 0 Å². The monoisotopic (exact) mass is 1780 g/mol. The normalized spacial score (nSPS) is 12.1. The highest BCUT2D eigenvalue weighted by Gasteiger charge is 2.32. The molecule has 0 aliphatic heterocycles. The molecule has 30 aromatic rings. The lowest BCUT2D eigenvalue weighted by molar-refractivity contribution is 0.893. The Morgan fingerprint density at radius 2 is 0.407 bits per heavy atom. The molecule has 0 spiro atoms. The van der Waals surface area contributed by atoms with E-state index in [-0.39, 0.29) is 0 Å². The van der Waals surface area contributed by atoms with Crippen LogP contribution in [-0.2, 0) is 0 Å². The first kappa shape index (κ1) is 77.3. The van der Waals surface area contributed by atoms with Gasteiger partial charge in [-0.05, 0) is 157 Å². The molecule has 0 saturated carbocycles. The molecule has 30 rings (SSSR count). The number of hydrogen-bond acceptors (Lipinski definition) is 6. The second-order valence-corrected chi connectivity index (χ2v) is 36.4. The Kier molecular flexibility index (Phi) is 16.6. The summed E-state index contributed by atoms with van der Waals surface area (Å²) in [4.78, 5) is 33.9. The van der Waals surface area contributed by atoms with E-state index in [4.69, 9.17) is 29.9 Å². The van der Waals surface area contributed by atoms with Crippen LogP contribution in [0.4, 0.5) is 0 Å². The maximum Gasteiger partial charge on any atom is 0.240 e. The van der Waals surface area contributed by atoms with Crippen LogP contribution in [0.25, 0.3) is 277 Å². The van der Waals surface area contributed by atoms with Crippen LogP contribution in [-0.4, -0.2) is 66.4 Å². The number of hydrogen-bond donors (Lipinski definition) is 0. The number of para-hydroxylation sites is 11. The predicted octanol–water partition coefficient (Wildman–Crippen LogP) is 31.2. The van der Waals surface area contributed by atoms with Crippen LogP contribution in [0.1, 0.15) is 0 Å². The Morgan fingerprint density at radius 1 is 0.129 bits per heavy atom. The van der Waals surface area contributed by atoms with Crippen molar-refractivity contribution >= 4 is 174 Å². The third-order valence-electron chi connectivity index (χ3n) is 28.9.